The SMILES string of the molecule is CN=C(NCCc1c[nH]c2cc(C)ccc12)NCc1ccnc(OCC(F)(F)F)c1.I. The minimum absolute atomic E-state index is 0. The van der Waals surface area contributed by atoms with Gasteiger partial charge in [-0.25, -0.2) is 4.98 Å². The summed E-state index contributed by atoms with van der Waals surface area (Å²) in [4.78, 5) is 11.3. The van der Waals surface area contributed by atoms with Crippen LogP contribution in [0, 0.1) is 6.92 Å². The quantitative estimate of drug-likeness (QED) is 0.234. The number of guanidine groups is 1. The van der Waals surface area contributed by atoms with Crippen LogP contribution in [0.3, 0.4) is 0 Å². The van der Waals surface area contributed by atoms with Gasteiger partial charge in [0.05, 0.1) is 0 Å². The lowest BCUT2D eigenvalue weighted by Crippen LogP contribution is -2.37. The second kappa shape index (κ2) is 11.2. The van der Waals surface area contributed by atoms with Crippen LogP contribution in [-0.2, 0) is 13.0 Å². The summed E-state index contributed by atoms with van der Waals surface area (Å²) in [5.74, 6) is 0.532. The second-order valence-electron chi connectivity index (χ2n) is 6.87. The van der Waals surface area contributed by atoms with Crippen molar-refractivity contribution in [3.05, 3.63) is 59.4 Å². The molecule has 2 aromatic heterocycles. The summed E-state index contributed by atoms with van der Waals surface area (Å²) in [5, 5.41) is 7.58. The highest BCUT2D eigenvalue weighted by Crippen LogP contribution is 2.20. The Hall–Kier alpha value is -2.50. The van der Waals surface area contributed by atoms with Crippen molar-refractivity contribution < 1.29 is 17.9 Å². The predicted octanol–water partition coefficient (Wildman–Crippen LogP) is 4.34. The second-order valence-corrected chi connectivity index (χ2v) is 6.87. The molecule has 0 atom stereocenters. The Morgan fingerprint density at radius 2 is 2.00 bits per heavy atom. The number of nitrogens with one attached hydrogen (secondary N) is 3. The maximum absolute atomic E-state index is 12.3. The molecule has 0 saturated heterocycles. The third kappa shape index (κ3) is 7.60. The van der Waals surface area contributed by atoms with Crippen molar-refractivity contribution in [2.75, 3.05) is 20.2 Å². The molecule has 1 aromatic carbocycles. The summed E-state index contributed by atoms with van der Waals surface area (Å²) in [5.41, 5.74) is 4.28. The Bertz CT molecular complexity index is 1020. The van der Waals surface area contributed by atoms with Gasteiger partial charge in [-0.3, -0.25) is 4.99 Å². The molecular formula is C21H25F3IN5O. The molecule has 2 heterocycles. The van der Waals surface area contributed by atoms with Crippen LogP contribution in [0.5, 0.6) is 5.88 Å². The topological polar surface area (TPSA) is 74.3 Å². The van der Waals surface area contributed by atoms with Crippen molar-refractivity contribution in [1.29, 1.82) is 0 Å². The van der Waals surface area contributed by atoms with Gasteiger partial charge in [-0.1, -0.05) is 12.1 Å². The van der Waals surface area contributed by atoms with Crippen LogP contribution in [0.2, 0.25) is 0 Å². The normalized spacial score (nSPS) is 11.8. The number of fused-ring (bicyclic) bond motifs is 1. The van der Waals surface area contributed by atoms with Gasteiger partial charge in [-0.2, -0.15) is 13.2 Å². The highest BCUT2D eigenvalue weighted by atomic mass is 127. The Labute approximate surface area is 195 Å². The molecule has 6 nitrogen and oxygen atoms in total. The molecular weight excluding hydrogens is 522 g/mol. The number of hydrogen-bond acceptors (Lipinski definition) is 3. The Morgan fingerprint density at radius 3 is 2.74 bits per heavy atom. The largest absolute Gasteiger partial charge is 0.468 e. The van der Waals surface area contributed by atoms with Crippen molar-refractivity contribution >= 4 is 40.8 Å². The standard InChI is InChI=1S/C21H24F3N5O.HI/c1-14-3-4-17-16(12-28-18(17)9-14)6-8-27-20(25-2)29-11-15-5-7-26-19(10-15)30-13-21(22,23)24;/h3-5,7,9-10,12,28H,6,8,11,13H2,1-2H3,(H2,25,27,29);1H. The Balaban J connectivity index is 0.00000341. The van der Waals surface area contributed by atoms with E-state index in [0.29, 0.717) is 19.0 Å². The monoisotopic (exact) mass is 547 g/mol. The van der Waals surface area contributed by atoms with Gasteiger partial charge in [0, 0.05) is 49.5 Å². The molecule has 168 valence electrons. The summed E-state index contributed by atoms with van der Waals surface area (Å²) >= 11 is 0. The number of aryl methyl sites for hydroxylation is 1. The molecule has 3 aromatic rings. The fraction of sp³-hybridized carbons (Fsp3) is 0.333. The molecule has 0 unspecified atom stereocenters. The maximum atomic E-state index is 12.3. The molecule has 0 fully saturated rings. The first-order valence-corrected chi connectivity index (χ1v) is 9.49. The molecule has 31 heavy (non-hydrogen) atoms. The fourth-order valence-electron chi connectivity index (χ4n) is 3.02. The average Bonchev–Trinajstić information content (AvgIpc) is 3.10. The van der Waals surface area contributed by atoms with Crippen LogP contribution in [0.25, 0.3) is 10.9 Å². The van der Waals surface area contributed by atoms with Crippen LogP contribution >= 0.6 is 24.0 Å². The first-order valence-electron chi connectivity index (χ1n) is 9.49. The highest BCUT2D eigenvalue weighted by Gasteiger charge is 2.28. The molecule has 0 radical (unpaired) electrons. The average molecular weight is 547 g/mol. The summed E-state index contributed by atoms with van der Waals surface area (Å²) in [6, 6.07) is 9.50. The van der Waals surface area contributed by atoms with Crippen molar-refractivity contribution in [2.45, 2.75) is 26.1 Å². The van der Waals surface area contributed by atoms with E-state index in [4.69, 9.17) is 0 Å². The van der Waals surface area contributed by atoms with Crippen LogP contribution in [0.4, 0.5) is 13.2 Å². The molecule has 10 heteroatoms. The van der Waals surface area contributed by atoms with E-state index in [1.807, 2.05) is 6.20 Å². The van der Waals surface area contributed by atoms with E-state index in [9.17, 15) is 13.2 Å². The highest BCUT2D eigenvalue weighted by molar-refractivity contribution is 14.0. The molecule has 0 aliphatic heterocycles. The number of rotatable bonds is 7. The Kier molecular flexibility index (Phi) is 8.96. The Morgan fingerprint density at radius 1 is 1.19 bits per heavy atom. The first kappa shape index (κ1) is 24.8. The maximum Gasteiger partial charge on any atom is 0.422 e. The van der Waals surface area contributed by atoms with Gasteiger partial charge in [-0.05, 0) is 42.2 Å². The number of aliphatic imine (C=N–C) groups is 1. The minimum Gasteiger partial charge on any atom is -0.468 e. The minimum atomic E-state index is -4.40. The van der Waals surface area contributed by atoms with E-state index in [2.05, 4.69) is 55.5 Å². The number of aromatic amines is 1. The molecule has 0 amide bonds. The number of H-pyrrole nitrogens is 1. The summed E-state index contributed by atoms with van der Waals surface area (Å²) in [6.07, 6.45) is -0.154. The van der Waals surface area contributed by atoms with E-state index >= 15 is 0 Å². The van der Waals surface area contributed by atoms with Crippen molar-refractivity contribution in [3.8, 4) is 5.88 Å². The zero-order chi connectivity index (χ0) is 21.6. The summed E-state index contributed by atoms with van der Waals surface area (Å²) in [7, 11) is 1.66. The van der Waals surface area contributed by atoms with Gasteiger partial charge in [0.2, 0.25) is 5.88 Å². The smallest absolute Gasteiger partial charge is 0.422 e. The van der Waals surface area contributed by atoms with Gasteiger partial charge >= 0.3 is 6.18 Å². The van der Waals surface area contributed by atoms with Crippen LogP contribution in [0.1, 0.15) is 16.7 Å². The number of benzene rings is 1. The molecule has 0 aliphatic carbocycles. The lowest BCUT2D eigenvalue weighted by atomic mass is 10.1. The zero-order valence-corrected chi connectivity index (χ0v) is 19.5. The van der Waals surface area contributed by atoms with Crippen molar-refractivity contribution in [2.24, 2.45) is 4.99 Å². The van der Waals surface area contributed by atoms with Crippen LogP contribution < -0.4 is 15.4 Å². The number of pyridine rings is 1. The van der Waals surface area contributed by atoms with E-state index < -0.39 is 12.8 Å². The fourth-order valence-corrected chi connectivity index (χ4v) is 3.02. The lowest BCUT2D eigenvalue weighted by molar-refractivity contribution is -0.154. The third-order valence-corrected chi connectivity index (χ3v) is 4.48. The van der Waals surface area contributed by atoms with Gasteiger partial charge in [0.15, 0.2) is 12.6 Å². The van der Waals surface area contributed by atoms with Crippen molar-refractivity contribution in [1.82, 2.24) is 20.6 Å². The zero-order valence-electron chi connectivity index (χ0n) is 17.2. The van der Waals surface area contributed by atoms with E-state index in [0.717, 1.165) is 17.5 Å². The van der Waals surface area contributed by atoms with Gasteiger partial charge in [0.1, 0.15) is 0 Å². The summed E-state index contributed by atoms with van der Waals surface area (Å²) in [6.45, 7) is 1.74. The predicted molar refractivity (Wildman–Crippen MR) is 126 cm³/mol. The van der Waals surface area contributed by atoms with Crippen LogP contribution in [0.15, 0.2) is 47.7 Å². The number of aromatic nitrogens is 2. The van der Waals surface area contributed by atoms with Crippen molar-refractivity contribution in [3.63, 3.8) is 0 Å². The van der Waals surface area contributed by atoms with Gasteiger partial charge in [-0.15, -0.1) is 24.0 Å². The first-order chi connectivity index (χ1) is 14.3. The lowest BCUT2D eigenvalue weighted by Gasteiger charge is -2.13. The number of hydrogen-bond donors (Lipinski definition) is 3. The number of nitrogens with zero attached hydrogens (tertiary/aromatic N) is 2. The van der Waals surface area contributed by atoms with E-state index in [1.165, 1.54) is 28.8 Å². The molecule has 3 N–H and O–H groups in total. The van der Waals surface area contributed by atoms with E-state index in [-0.39, 0.29) is 29.9 Å². The summed E-state index contributed by atoms with van der Waals surface area (Å²) < 4.78 is 41.5. The molecule has 3 rings (SSSR count). The van der Waals surface area contributed by atoms with Crippen LogP contribution in [-0.4, -0.2) is 42.3 Å². The molecule has 0 bridgehead atoms. The van der Waals surface area contributed by atoms with E-state index in [1.54, 1.807) is 13.1 Å². The van der Waals surface area contributed by atoms with Gasteiger partial charge < -0.3 is 20.4 Å². The number of ether oxygens (including phenoxy) is 1. The molecule has 0 spiro atoms. The number of halogens is 4. The number of alkyl halides is 3. The third-order valence-electron chi connectivity index (χ3n) is 4.48. The molecule has 0 aliphatic rings. The molecule has 0 saturated carbocycles. The van der Waals surface area contributed by atoms with Gasteiger partial charge in [0.25, 0.3) is 0 Å².